The molecule has 0 heterocycles. The Morgan fingerprint density at radius 1 is 1.00 bits per heavy atom. The normalized spacial score (nSPS) is 16.4. The van der Waals surface area contributed by atoms with Gasteiger partial charge in [0.15, 0.2) is 5.78 Å². The molecule has 2 aliphatic rings. The largest absolute Gasteiger partial charge is 0.289 e. The van der Waals surface area contributed by atoms with Crippen molar-refractivity contribution in [3.8, 4) is 0 Å². The second-order valence-electron chi connectivity index (χ2n) is 8.68. The van der Waals surface area contributed by atoms with Crippen LogP contribution in [0.1, 0.15) is 60.0 Å². The van der Waals surface area contributed by atoms with Crippen LogP contribution < -0.4 is 10.4 Å². The molecule has 1 unspecified atom stereocenters. The number of fused-ring (bicyclic) bond motifs is 4. The zero-order valence-electron chi connectivity index (χ0n) is 18.1. The van der Waals surface area contributed by atoms with Crippen LogP contribution in [0.4, 0.5) is 5.69 Å². The Bertz CT molecular complexity index is 1450. The van der Waals surface area contributed by atoms with E-state index in [1.165, 1.54) is 38.9 Å². The molecule has 0 N–H and O–H groups in total. The topological polar surface area (TPSA) is 60.2 Å². The molecule has 0 fully saturated rings. The van der Waals surface area contributed by atoms with Crippen molar-refractivity contribution in [1.29, 1.82) is 0 Å². The Balaban J connectivity index is 1.74. The second-order valence-corrected chi connectivity index (χ2v) is 8.68. The van der Waals surface area contributed by atoms with Crippen molar-refractivity contribution in [2.24, 2.45) is 0 Å². The van der Waals surface area contributed by atoms with E-state index >= 15 is 0 Å². The Morgan fingerprint density at radius 2 is 1.75 bits per heavy atom. The first-order chi connectivity index (χ1) is 15.6. The van der Waals surface area contributed by atoms with Crippen molar-refractivity contribution in [2.45, 2.75) is 44.9 Å². The molecule has 4 heteroatoms. The summed E-state index contributed by atoms with van der Waals surface area (Å²) in [6, 6.07) is 18.8. The molecule has 0 saturated heterocycles. The monoisotopic (exact) mass is 423 g/mol. The van der Waals surface area contributed by atoms with Gasteiger partial charge in [0, 0.05) is 23.3 Å². The van der Waals surface area contributed by atoms with E-state index in [1.807, 2.05) is 0 Å². The lowest BCUT2D eigenvalue weighted by atomic mass is 9.76. The number of benzene rings is 3. The lowest BCUT2D eigenvalue weighted by molar-refractivity contribution is -0.384. The first kappa shape index (κ1) is 20.4. The smallest absolute Gasteiger partial charge is 0.269 e. The number of carbonyl (C=O) groups excluding carboxylic acids is 1. The summed E-state index contributed by atoms with van der Waals surface area (Å²) < 4.78 is 0. The Kier molecular flexibility index (Phi) is 5.22. The number of hydrogen-bond acceptors (Lipinski definition) is 3. The fourth-order valence-corrected chi connectivity index (χ4v) is 5.38. The van der Waals surface area contributed by atoms with E-state index in [2.05, 4.69) is 49.4 Å². The zero-order valence-corrected chi connectivity index (χ0v) is 18.1. The van der Waals surface area contributed by atoms with Crippen LogP contribution in [0.5, 0.6) is 0 Å². The quantitative estimate of drug-likeness (QED) is 0.332. The van der Waals surface area contributed by atoms with Gasteiger partial charge in [0.25, 0.3) is 5.69 Å². The molecular weight excluding hydrogens is 398 g/mol. The first-order valence-electron chi connectivity index (χ1n) is 11.3. The number of nitro benzene ring substituents is 1. The van der Waals surface area contributed by atoms with Gasteiger partial charge in [-0.3, -0.25) is 14.9 Å². The summed E-state index contributed by atoms with van der Waals surface area (Å²) in [6.07, 6.45) is 7.12. The number of Topliss-reactive ketones (excluding diaryl/α,β-unsaturated/α-hetero) is 1. The van der Waals surface area contributed by atoms with E-state index in [0.717, 1.165) is 42.9 Å². The van der Waals surface area contributed by atoms with Crippen LogP contribution in [0.25, 0.3) is 11.6 Å². The average molecular weight is 424 g/mol. The molecule has 160 valence electrons. The van der Waals surface area contributed by atoms with Crippen LogP contribution in [0.3, 0.4) is 0 Å². The molecule has 5 rings (SSSR count). The van der Waals surface area contributed by atoms with E-state index in [9.17, 15) is 14.9 Å². The molecule has 1 atom stereocenters. The van der Waals surface area contributed by atoms with E-state index in [0.29, 0.717) is 11.5 Å². The molecule has 2 aliphatic carbocycles. The highest BCUT2D eigenvalue weighted by Gasteiger charge is 2.27. The maximum Gasteiger partial charge on any atom is 0.269 e. The van der Waals surface area contributed by atoms with Crippen molar-refractivity contribution < 1.29 is 9.72 Å². The standard InChI is InChI=1S/C28H25NO3/c1-2-5-19-11-15-26(28(30)20-8-12-21(13-9-20)29(31)32)25-17-16-23-22-7-4-3-6-18(22)10-14-24(23)27(19)25/h3-4,6-10,12-13,16-17,19H,2,5,11,14-15H2,1H3. The van der Waals surface area contributed by atoms with Crippen LogP contribution in [-0.2, 0) is 6.42 Å². The average Bonchev–Trinajstić information content (AvgIpc) is 2.83. The first-order valence-corrected chi connectivity index (χ1v) is 11.3. The SMILES string of the molecule is CCCC1CCC(C(=O)c2ccc([N+](=O)[O-])cc2)=c2ccc3c(c21)CC=c1ccccc1=3. The molecule has 0 aliphatic heterocycles. The minimum atomic E-state index is -0.437. The number of ketones is 1. The Labute approximate surface area is 186 Å². The molecule has 3 aromatic rings. The third kappa shape index (κ3) is 3.36. The van der Waals surface area contributed by atoms with E-state index in [-0.39, 0.29) is 11.5 Å². The summed E-state index contributed by atoms with van der Waals surface area (Å²) in [7, 11) is 0. The van der Waals surface area contributed by atoms with Gasteiger partial charge >= 0.3 is 0 Å². The molecule has 4 nitrogen and oxygen atoms in total. The molecule has 3 aromatic carbocycles. The zero-order chi connectivity index (χ0) is 22.2. The van der Waals surface area contributed by atoms with Crippen LogP contribution in [-0.4, -0.2) is 10.7 Å². The predicted molar refractivity (Wildman–Crippen MR) is 126 cm³/mol. The van der Waals surface area contributed by atoms with Crippen LogP contribution in [0.15, 0.2) is 60.7 Å². The van der Waals surface area contributed by atoms with Crippen molar-refractivity contribution in [3.63, 3.8) is 0 Å². The maximum atomic E-state index is 13.5. The van der Waals surface area contributed by atoms with Gasteiger partial charge in [-0.15, -0.1) is 0 Å². The van der Waals surface area contributed by atoms with Crippen molar-refractivity contribution in [1.82, 2.24) is 0 Å². The Morgan fingerprint density at radius 3 is 2.50 bits per heavy atom. The van der Waals surface area contributed by atoms with Crippen molar-refractivity contribution in [2.75, 3.05) is 0 Å². The fraction of sp³-hybridized carbons (Fsp3) is 0.250. The third-order valence-electron chi connectivity index (χ3n) is 6.86. The fourth-order valence-electron chi connectivity index (χ4n) is 5.38. The van der Waals surface area contributed by atoms with Gasteiger partial charge in [0.05, 0.1) is 4.92 Å². The van der Waals surface area contributed by atoms with Gasteiger partial charge in [-0.1, -0.05) is 55.8 Å². The van der Waals surface area contributed by atoms with E-state index in [4.69, 9.17) is 0 Å². The highest BCUT2D eigenvalue weighted by molar-refractivity contribution is 6.24. The number of nitrogens with zero attached hydrogens (tertiary/aromatic N) is 1. The van der Waals surface area contributed by atoms with Crippen LogP contribution in [0.2, 0.25) is 0 Å². The molecule has 0 bridgehead atoms. The summed E-state index contributed by atoms with van der Waals surface area (Å²) in [5, 5.41) is 15.9. The minimum absolute atomic E-state index is 0.00174. The van der Waals surface area contributed by atoms with Gasteiger partial charge in [0.2, 0.25) is 0 Å². The minimum Gasteiger partial charge on any atom is -0.289 e. The van der Waals surface area contributed by atoms with Gasteiger partial charge in [-0.2, -0.15) is 0 Å². The van der Waals surface area contributed by atoms with Gasteiger partial charge < -0.3 is 0 Å². The Hall–Kier alpha value is -3.53. The van der Waals surface area contributed by atoms with Crippen LogP contribution >= 0.6 is 0 Å². The molecule has 0 amide bonds. The van der Waals surface area contributed by atoms with Gasteiger partial charge in [-0.25, -0.2) is 0 Å². The lowest BCUT2D eigenvalue weighted by Gasteiger charge is -2.27. The van der Waals surface area contributed by atoms with Gasteiger partial charge in [0.1, 0.15) is 0 Å². The number of rotatable bonds is 5. The van der Waals surface area contributed by atoms with Crippen molar-refractivity contribution in [3.05, 3.63) is 108 Å². The summed E-state index contributed by atoms with van der Waals surface area (Å²) >= 11 is 0. The number of carbonyl (C=O) groups is 1. The van der Waals surface area contributed by atoms with E-state index < -0.39 is 4.92 Å². The number of hydrogen-bond donors (Lipinski definition) is 0. The van der Waals surface area contributed by atoms with E-state index in [1.54, 1.807) is 12.1 Å². The van der Waals surface area contributed by atoms with Crippen molar-refractivity contribution >= 4 is 23.1 Å². The molecule has 0 radical (unpaired) electrons. The highest BCUT2D eigenvalue weighted by Crippen LogP contribution is 2.34. The molecular formula is C28H25NO3. The summed E-state index contributed by atoms with van der Waals surface area (Å²) in [5.74, 6) is 0.438. The molecule has 32 heavy (non-hydrogen) atoms. The summed E-state index contributed by atoms with van der Waals surface area (Å²) in [4.78, 5) is 24.0. The summed E-state index contributed by atoms with van der Waals surface area (Å²) in [5.41, 5.74) is 4.05. The van der Waals surface area contributed by atoms with Crippen LogP contribution in [0, 0.1) is 20.6 Å². The lowest BCUT2D eigenvalue weighted by Crippen LogP contribution is -2.28. The summed E-state index contributed by atoms with van der Waals surface area (Å²) in [6.45, 7) is 2.22. The maximum absolute atomic E-state index is 13.5. The molecule has 0 saturated carbocycles. The molecule has 0 aromatic heterocycles. The number of non-ortho nitro benzene ring substituents is 1. The number of nitro groups is 1. The predicted octanol–water partition coefficient (Wildman–Crippen LogP) is 4.93. The van der Waals surface area contributed by atoms with Gasteiger partial charge in [-0.05, 0) is 75.7 Å². The highest BCUT2D eigenvalue weighted by atomic mass is 16.6. The third-order valence-corrected chi connectivity index (χ3v) is 6.86. The second kappa shape index (κ2) is 8.19. The molecule has 0 spiro atoms.